The Balaban J connectivity index is 1.37. The van der Waals surface area contributed by atoms with Crippen LogP contribution in [0.4, 0.5) is 5.95 Å². The zero-order valence-corrected chi connectivity index (χ0v) is 18.0. The number of carbonyl (C=O) groups excluding carboxylic acids is 1. The standard InChI is InChI=1S/C23H27N7O/c1-15-19(14-29(2)28-15)22(31)30-11-8-16(9-12-30)21-18(20-5-3-4-10-24-20)13-25-23(27-21)26-17-6-7-17/h3-5,10,13-14,16-17H,6-9,11-12H2,1-2H3,(H,25,26,27). The van der Waals surface area contributed by atoms with Gasteiger partial charge in [-0.1, -0.05) is 6.07 Å². The van der Waals surface area contributed by atoms with Crippen molar-refractivity contribution in [2.45, 2.75) is 44.6 Å². The van der Waals surface area contributed by atoms with Crippen molar-refractivity contribution in [1.29, 1.82) is 0 Å². The van der Waals surface area contributed by atoms with Gasteiger partial charge in [0.2, 0.25) is 5.95 Å². The third-order valence-electron chi connectivity index (χ3n) is 6.08. The molecule has 0 unspecified atom stereocenters. The highest BCUT2D eigenvalue weighted by molar-refractivity contribution is 5.95. The van der Waals surface area contributed by atoms with Gasteiger partial charge in [0.15, 0.2) is 0 Å². The fourth-order valence-corrected chi connectivity index (χ4v) is 4.24. The second-order valence-corrected chi connectivity index (χ2v) is 8.49. The highest BCUT2D eigenvalue weighted by atomic mass is 16.2. The molecule has 1 saturated carbocycles. The average Bonchev–Trinajstić information content (AvgIpc) is 3.55. The molecule has 8 nitrogen and oxygen atoms in total. The Labute approximate surface area is 181 Å². The molecule has 31 heavy (non-hydrogen) atoms. The van der Waals surface area contributed by atoms with Crippen LogP contribution in [0.5, 0.6) is 0 Å². The number of pyridine rings is 1. The van der Waals surface area contributed by atoms with Gasteiger partial charge in [-0.2, -0.15) is 5.10 Å². The van der Waals surface area contributed by atoms with Gasteiger partial charge in [0.25, 0.3) is 5.91 Å². The Kier molecular flexibility index (Phi) is 5.13. The second kappa shape index (κ2) is 8.09. The van der Waals surface area contributed by atoms with Gasteiger partial charge in [-0.25, -0.2) is 9.97 Å². The van der Waals surface area contributed by atoms with Crippen LogP contribution < -0.4 is 5.32 Å². The predicted octanol–water partition coefficient (Wildman–Crippen LogP) is 3.17. The Morgan fingerprint density at radius 3 is 2.58 bits per heavy atom. The van der Waals surface area contributed by atoms with Gasteiger partial charge in [0.05, 0.1) is 22.6 Å². The summed E-state index contributed by atoms with van der Waals surface area (Å²) in [6.07, 6.45) is 9.58. The summed E-state index contributed by atoms with van der Waals surface area (Å²) in [5.74, 6) is 1.02. The summed E-state index contributed by atoms with van der Waals surface area (Å²) in [5, 5.41) is 7.73. The molecule has 0 atom stereocenters. The first-order valence-electron chi connectivity index (χ1n) is 10.9. The van der Waals surface area contributed by atoms with Crippen molar-refractivity contribution in [2.75, 3.05) is 18.4 Å². The van der Waals surface area contributed by atoms with E-state index >= 15 is 0 Å². The van der Waals surface area contributed by atoms with E-state index in [-0.39, 0.29) is 11.8 Å². The van der Waals surface area contributed by atoms with Crippen molar-refractivity contribution >= 4 is 11.9 Å². The first-order chi connectivity index (χ1) is 15.1. The molecule has 1 saturated heterocycles. The summed E-state index contributed by atoms with van der Waals surface area (Å²) in [4.78, 5) is 28.9. The number of rotatable bonds is 5. The smallest absolute Gasteiger partial charge is 0.257 e. The van der Waals surface area contributed by atoms with Crippen LogP contribution in [0.2, 0.25) is 0 Å². The molecule has 3 aromatic rings. The normalized spacial score (nSPS) is 17.0. The first kappa shape index (κ1) is 19.7. The number of aryl methyl sites for hydroxylation is 2. The molecule has 160 valence electrons. The summed E-state index contributed by atoms with van der Waals surface area (Å²) in [5.41, 5.74) is 4.36. The summed E-state index contributed by atoms with van der Waals surface area (Å²) >= 11 is 0. The number of likely N-dealkylation sites (tertiary alicyclic amines) is 1. The van der Waals surface area contributed by atoms with Gasteiger partial charge < -0.3 is 10.2 Å². The zero-order valence-electron chi connectivity index (χ0n) is 18.0. The lowest BCUT2D eigenvalue weighted by molar-refractivity contribution is 0.0711. The molecule has 1 aliphatic heterocycles. The van der Waals surface area contributed by atoms with E-state index < -0.39 is 0 Å². The van der Waals surface area contributed by atoms with Crippen LogP contribution in [-0.4, -0.2) is 54.7 Å². The van der Waals surface area contributed by atoms with E-state index in [9.17, 15) is 4.79 Å². The molecule has 0 bridgehead atoms. The minimum atomic E-state index is 0.0628. The second-order valence-electron chi connectivity index (χ2n) is 8.49. The zero-order chi connectivity index (χ0) is 21.4. The van der Waals surface area contributed by atoms with Crippen LogP contribution in [0.3, 0.4) is 0 Å². The topological polar surface area (TPSA) is 88.8 Å². The quantitative estimate of drug-likeness (QED) is 0.686. The van der Waals surface area contributed by atoms with E-state index in [0.717, 1.165) is 35.5 Å². The van der Waals surface area contributed by atoms with Crippen LogP contribution in [0, 0.1) is 6.92 Å². The minimum Gasteiger partial charge on any atom is -0.351 e. The number of amides is 1. The van der Waals surface area contributed by atoms with Gasteiger partial charge in [0, 0.05) is 56.3 Å². The number of piperidine rings is 1. The fourth-order valence-electron chi connectivity index (χ4n) is 4.24. The number of carbonyl (C=O) groups is 1. The lowest BCUT2D eigenvalue weighted by Gasteiger charge is -2.32. The largest absolute Gasteiger partial charge is 0.351 e. The maximum Gasteiger partial charge on any atom is 0.257 e. The van der Waals surface area contributed by atoms with Crippen LogP contribution in [-0.2, 0) is 7.05 Å². The van der Waals surface area contributed by atoms with Crippen molar-refractivity contribution in [3.05, 3.63) is 53.7 Å². The SMILES string of the molecule is Cc1nn(C)cc1C(=O)N1CCC(c2nc(NC3CC3)ncc2-c2ccccn2)CC1. The number of aromatic nitrogens is 5. The average molecular weight is 418 g/mol. The Bertz CT molecular complexity index is 1080. The van der Waals surface area contributed by atoms with Crippen molar-refractivity contribution in [1.82, 2.24) is 29.6 Å². The molecule has 1 amide bonds. The first-order valence-corrected chi connectivity index (χ1v) is 10.9. The van der Waals surface area contributed by atoms with Crippen molar-refractivity contribution in [2.24, 2.45) is 7.05 Å². The van der Waals surface area contributed by atoms with Crippen molar-refractivity contribution in [3.63, 3.8) is 0 Å². The van der Waals surface area contributed by atoms with Gasteiger partial charge in [0.1, 0.15) is 0 Å². The monoisotopic (exact) mass is 417 g/mol. The summed E-state index contributed by atoms with van der Waals surface area (Å²) < 4.78 is 1.70. The predicted molar refractivity (Wildman–Crippen MR) is 118 cm³/mol. The maximum atomic E-state index is 13.0. The lowest BCUT2D eigenvalue weighted by Crippen LogP contribution is -2.38. The van der Waals surface area contributed by atoms with E-state index in [4.69, 9.17) is 4.98 Å². The van der Waals surface area contributed by atoms with Crippen LogP contribution in [0.15, 0.2) is 36.8 Å². The van der Waals surface area contributed by atoms with Crippen LogP contribution in [0.25, 0.3) is 11.3 Å². The minimum absolute atomic E-state index is 0.0628. The molecular weight excluding hydrogens is 390 g/mol. The third-order valence-corrected chi connectivity index (χ3v) is 6.08. The van der Waals surface area contributed by atoms with Gasteiger partial charge in [-0.15, -0.1) is 0 Å². The number of anilines is 1. The fraction of sp³-hybridized carbons (Fsp3) is 0.435. The van der Waals surface area contributed by atoms with Crippen molar-refractivity contribution < 1.29 is 4.79 Å². The van der Waals surface area contributed by atoms with Gasteiger partial charge >= 0.3 is 0 Å². The highest BCUT2D eigenvalue weighted by Crippen LogP contribution is 2.34. The molecule has 1 aliphatic carbocycles. The number of hydrogen-bond donors (Lipinski definition) is 1. The number of nitrogens with zero attached hydrogens (tertiary/aromatic N) is 6. The molecule has 5 rings (SSSR count). The van der Waals surface area contributed by atoms with E-state index in [1.54, 1.807) is 10.9 Å². The molecule has 0 spiro atoms. The molecular formula is C23H27N7O. The molecule has 2 aliphatic rings. The molecule has 2 fully saturated rings. The third kappa shape index (κ3) is 4.15. The summed E-state index contributed by atoms with van der Waals surface area (Å²) in [7, 11) is 1.84. The van der Waals surface area contributed by atoms with E-state index in [1.807, 2.05) is 49.5 Å². The highest BCUT2D eigenvalue weighted by Gasteiger charge is 2.30. The molecule has 3 aromatic heterocycles. The number of nitrogens with one attached hydrogen (secondary N) is 1. The van der Waals surface area contributed by atoms with Crippen LogP contribution >= 0.6 is 0 Å². The van der Waals surface area contributed by atoms with Crippen molar-refractivity contribution in [3.8, 4) is 11.3 Å². The molecule has 8 heteroatoms. The Morgan fingerprint density at radius 2 is 1.94 bits per heavy atom. The summed E-state index contributed by atoms with van der Waals surface area (Å²) in [6.45, 7) is 3.29. The van der Waals surface area contributed by atoms with E-state index in [1.165, 1.54) is 12.8 Å². The van der Waals surface area contributed by atoms with Gasteiger partial charge in [-0.3, -0.25) is 14.5 Å². The summed E-state index contributed by atoms with van der Waals surface area (Å²) in [6, 6.07) is 6.40. The van der Waals surface area contributed by atoms with Gasteiger partial charge in [-0.05, 0) is 44.7 Å². The molecule has 4 heterocycles. The number of hydrogen-bond acceptors (Lipinski definition) is 6. The Hall–Kier alpha value is -3.29. The lowest BCUT2D eigenvalue weighted by atomic mass is 9.89. The van der Waals surface area contributed by atoms with E-state index in [0.29, 0.717) is 30.6 Å². The molecule has 0 radical (unpaired) electrons. The molecule has 0 aromatic carbocycles. The van der Waals surface area contributed by atoms with E-state index in [2.05, 4.69) is 20.4 Å². The Morgan fingerprint density at radius 1 is 1.13 bits per heavy atom. The maximum absolute atomic E-state index is 13.0. The van der Waals surface area contributed by atoms with Crippen LogP contribution in [0.1, 0.15) is 53.3 Å². The molecule has 1 N–H and O–H groups in total.